The smallest absolute Gasteiger partial charge is 0.307 e. The van der Waals surface area contributed by atoms with Crippen LogP contribution in [0.15, 0.2) is 24.3 Å². The van der Waals surface area contributed by atoms with Crippen molar-refractivity contribution in [1.82, 2.24) is 5.32 Å². The molecule has 0 heterocycles. The van der Waals surface area contributed by atoms with Crippen LogP contribution >= 0.6 is 0 Å². The minimum absolute atomic E-state index is 0.00683. The lowest BCUT2D eigenvalue weighted by Gasteiger charge is -2.26. The number of hydrogen-bond acceptors (Lipinski definition) is 3. The Labute approximate surface area is 124 Å². The fourth-order valence-electron chi connectivity index (χ4n) is 3.00. The largest absolute Gasteiger partial charge is 0.481 e. The summed E-state index contributed by atoms with van der Waals surface area (Å²) < 4.78 is 0. The van der Waals surface area contributed by atoms with Gasteiger partial charge in [-0.15, -0.1) is 0 Å². The van der Waals surface area contributed by atoms with Crippen LogP contribution in [0.3, 0.4) is 0 Å². The molecule has 114 valence electrons. The van der Waals surface area contributed by atoms with Crippen molar-refractivity contribution in [3.63, 3.8) is 0 Å². The number of aliphatic carboxylic acids is 1. The van der Waals surface area contributed by atoms with Gasteiger partial charge in [0.2, 0.25) is 5.91 Å². The van der Waals surface area contributed by atoms with Crippen molar-refractivity contribution >= 4 is 11.9 Å². The van der Waals surface area contributed by atoms with Crippen LogP contribution < -0.4 is 11.1 Å². The van der Waals surface area contributed by atoms with Crippen molar-refractivity contribution in [3.8, 4) is 0 Å². The first-order chi connectivity index (χ1) is 10.1. The standard InChI is InChI=1S/C16H22N2O3/c17-11-16(7-3-4-8-16)15(21)18-10-13-6-2-1-5-12(13)9-14(19)20/h1-2,5-6H,3-4,7-11,17H2,(H,18,21)(H,19,20). The summed E-state index contributed by atoms with van der Waals surface area (Å²) in [6.45, 7) is 0.722. The Balaban J connectivity index is 2.02. The number of rotatable bonds is 6. The Morgan fingerprint density at radius 1 is 1.19 bits per heavy atom. The van der Waals surface area contributed by atoms with Crippen molar-refractivity contribution in [3.05, 3.63) is 35.4 Å². The number of carboxylic acids is 1. The van der Waals surface area contributed by atoms with Crippen molar-refractivity contribution in [2.24, 2.45) is 11.1 Å². The molecule has 0 radical (unpaired) electrons. The number of carboxylic acid groups (broad SMARTS) is 1. The third kappa shape index (κ3) is 3.61. The second kappa shape index (κ2) is 6.72. The fraction of sp³-hybridized carbons (Fsp3) is 0.500. The van der Waals surface area contributed by atoms with Gasteiger partial charge < -0.3 is 16.2 Å². The van der Waals surface area contributed by atoms with Crippen LogP contribution in [0.5, 0.6) is 0 Å². The second-order valence-corrected chi connectivity index (χ2v) is 5.71. The third-order valence-electron chi connectivity index (χ3n) is 4.33. The van der Waals surface area contributed by atoms with Crippen molar-refractivity contribution in [2.45, 2.75) is 38.6 Å². The molecule has 1 saturated carbocycles. The number of carbonyl (C=O) groups is 2. The van der Waals surface area contributed by atoms with Gasteiger partial charge in [0.1, 0.15) is 0 Å². The van der Waals surface area contributed by atoms with Gasteiger partial charge in [0.15, 0.2) is 0 Å². The van der Waals surface area contributed by atoms with Crippen LogP contribution in [0.25, 0.3) is 0 Å². The molecule has 0 aromatic heterocycles. The number of amides is 1. The summed E-state index contributed by atoms with van der Waals surface area (Å²) in [7, 11) is 0. The second-order valence-electron chi connectivity index (χ2n) is 5.71. The molecule has 0 unspecified atom stereocenters. The van der Waals surface area contributed by atoms with E-state index in [1.165, 1.54) is 0 Å². The molecule has 0 atom stereocenters. The lowest BCUT2D eigenvalue weighted by Crippen LogP contribution is -2.43. The summed E-state index contributed by atoms with van der Waals surface area (Å²) >= 11 is 0. The van der Waals surface area contributed by atoms with Gasteiger partial charge >= 0.3 is 5.97 Å². The van der Waals surface area contributed by atoms with Gasteiger partial charge in [-0.25, -0.2) is 0 Å². The molecule has 2 rings (SSSR count). The van der Waals surface area contributed by atoms with E-state index >= 15 is 0 Å². The van der Waals surface area contributed by atoms with Gasteiger partial charge in [-0.05, 0) is 24.0 Å². The molecular formula is C16H22N2O3. The first-order valence-corrected chi connectivity index (χ1v) is 7.34. The Morgan fingerprint density at radius 2 is 1.81 bits per heavy atom. The molecule has 0 saturated heterocycles. The average molecular weight is 290 g/mol. The molecule has 21 heavy (non-hydrogen) atoms. The average Bonchev–Trinajstić information content (AvgIpc) is 2.95. The summed E-state index contributed by atoms with van der Waals surface area (Å²) in [5, 5.41) is 11.9. The first-order valence-electron chi connectivity index (χ1n) is 7.34. The molecule has 0 bridgehead atoms. The molecular weight excluding hydrogens is 268 g/mol. The zero-order chi connectivity index (χ0) is 15.3. The minimum atomic E-state index is -0.872. The highest BCUT2D eigenvalue weighted by atomic mass is 16.4. The molecule has 1 aliphatic rings. The summed E-state index contributed by atoms with van der Waals surface area (Å²) in [4.78, 5) is 23.3. The topological polar surface area (TPSA) is 92.4 Å². The molecule has 1 fully saturated rings. The molecule has 4 N–H and O–H groups in total. The Bertz CT molecular complexity index is 522. The lowest BCUT2D eigenvalue weighted by molar-refractivity contribution is -0.136. The lowest BCUT2D eigenvalue weighted by atomic mass is 9.85. The first kappa shape index (κ1) is 15.5. The number of benzene rings is 1. The maximum absolute atomic E-state index is 12.4. The Morgan fingerprint density at radius 3 is 2.38 bits per heavy atom. The highest BCUT2D eigenvalue weighted by Crippen LogP contribution is 2.37. The predicted octanol–water partition coefficient (Wildman–Crippen LogP) is 1.45. The molecule has 1 aromatic rings. The molecule has 1 aliphatic carbocycles. The van der Waals surface area contributed by atoms with Gasteiger partial charge in [-0.2, -0.15) is 0 Å². The van der Waals surface area contributed by atoms with E-state index in [9.17, 15) is 9.59 Å². The van der Waals surface area contributed by atoms with Crippen molar-refractivity contribution < 1.29 is 14.7 Å². The van der Waals surface area contributed by atoms with Crippen LogP contribution in [0.1, 0.15) is 36.8 Å². The minimum Gasteiger partial charge on any atom is -0.481 e. The van der Waals surface area contributed by atoms with Crippen LogP contribution in [-0.2, 0) is 22.6 Å². The van der Waals surface area contributed by atoms with E-state index in [4.69, 9.17) is 10.8 Å². The SMILES string of the molecule is NCC1(C(=O)NCc2ccccc2CC(=O)O)CCCC1. The van der Waals surface area contributed by atoms with E-state index in [1.54, 1.807) is 6.07 Å². The summed E-state index contributed by atoms with van der Waals surface area (Å²) in [5.74, 6) is -0.879. The molecule has 5 heteroatoms. The maximum atomic E-state index is 12.4. The van der Waals surface area contributed by atoms with Crippen LogP contribution in [0.2, 0.25) is 0 Å². The summed E-state index contributed by atoms with van der Waals surface area (Å²) in [6.07, 6.45) is 3.73. The van der Waals surface area contributed by atoms with Crippen molar-refractivity contribution in [1.29, 1.82) is 0 Å². The van der Waals surface area contributed by atoms with Gasteiger partial charge in [-0.1, -0.05) is 37.1 Å². The number of hydrogen-bond donors (Lipinski definition) is 3. The quantitative estimate of drug-likeness (QED) is 0.739. The van der Waals surface area contributed by atoms with E-state index in [2.05, 4.69) is 5.32 Å². The number of carbonyl (C=O) groups excluding carboxylic acids is 1. The number of nitrogens with one attached hydrogen (secondary N) is 1. The van der Waals surface area contributed by atoms with E-state index in [0.717, 1.165) is 36.8 Å². The van der Waals surface area contributed by atoms with Crippen LogP contribution in [0, 0.1) is 5.41 Å². The number of nitrogens with two attached hydrogens (primary N) is 1. The predicted molar refractivity (Wildman–Crippen MR) is 79.6 cm³/mol. The molecule has 1 aromatic carbocycles. The van der Waals surface area contributed by atoms with E-state index in [0.29, 0.717) is 13.1 Å². The van der Waals surface area contributed by atoms with Gasteiger partial charge in [-0.3, -0.25) is 9.59 Å². The fourth-order valence-corrected chi connectivity index (χ4v) is 3.00. The summed E-state index contributed by atoms with van der Waals surface area (Å²) in [6, 6.07) is 7.29. The van der Waals surface area contributed by atoms with Gasteiger partial charge in [0.25, 0.3) is 0 Å². The van der Waals surface area contributed by atoms with Crippen molar-refractivity contribution in [2.75, 3.05) is 6.54 Å². The van der Waals surface area contributed by atoms with E-state index < -0.39 is 11.4 Å². The monoisotopic (exact) mass is 290 g/mol. The zero-order valence-electron chi connectivity index (χ0n) is 12.1. The highest BCUT2D eigenvalue weighted by Gasteiger charge is 2.39. The zero-order valence-corrected chi connectivity index (χ0v) is 12.1. The third-order valence-corrected chi connectivity index (χ3v) is 4.33. The molecule has 1 amide bonds. The Hall–Kier alpha value is -1.88. The van der Waals surface area contributed by atoms with E-state index in [-0.39, 0.29) is 12.3 Å². The maximum Gasteiger partial charge on any atom is 0.307 e. The van der Waals surface area contributed by atoms with E-state index in [1.807, 2.05) is 18.2 Å². The Kier molecular flexibility index (Phi) is 4.96. The molecule has 0 aliphatic heterocycles. The van der Waals surface area contributed by atoms with Crippen LogP contribution in [0.4, 0.5) is 0 Å². The molecule has 5 nitrogen and oxygen atoms in total. The highest BCUT2D eigenvalue weighted by molar-refractivity contribution is 5.83. The van der Waals surface area contributed by atoms with Gasteiger partial charge in [0, 0.05) is 13.1 Å². The normalized spacial score (nSPS) is 16.6. The van der Waals surface area contributed by atoms with Crippen LogP contribution in [-0.4, -0.2) is 23.5 Å². The summed E-state index contributed by atoms with van der Waals surface area (Å²) in [5.41, 5.74) is 6.95. The molecule has 0 spiro atoms. The van der Waals surface area contributed by atoms with Gasteiger partial charge in [0.05, 0.1) is 11.8 Å².